The molecule has 0 radical (unpaired) electrons. The molecule has 0 saturated heterocycles. The van der Waals surface area contributed by atoms with Crippen molar-refractivity contribution in [2.75, 3.05) is 6.61 Å². The van der Waals surface area contributed by atoms with Crippen molar-refractivity contribution in [3.8, 4) is 5.75 Å². The Bertz CT molecular complexity index is 617. The van der Waals surface area contributed by atoms with Gasteiger partial charge in [-0.3, -0.25) is 4.79 Å². The molecule has 0 aromatic heterocycles. The first-order chi connectivity index (χ1) is 10.1. The van der Waals surface area contributed by atoms with Gasteiger partial charge in [0.25, 0.3) is 5.91 Å². The molecule has 5 heteroatoms. The van der Waals surface area contributed by atoms with Gasteiger partial charge in [-0.15, -0.1) is 0 Å². The third kappa shape index (κ3) is 4.86. The number of carbonyl (C=O) groups excluding carboxylic acids is 1. The number of nitrogens with one attached hydrogen (secondary N) is 1. The summed E-state index contributed by atoms with van der Waals surface area (Å²) in [7, 11) is 0. The summed E-state index contributed by atoms with van der Waals surface area (Å²) in [6.45, 7) is 1.93. The average Bonchev–Trinajstić information content (AvgIpc) is 2.47. The van der Waals surface area contributed by atoms with E-state index in [1.807, 2.05) is 55.5 Å². The predicted molar refractivity (Wildman–Crippen MR) is 90.3 cm³/mol. The highest BCUT2D eigenvalue weighted by Crippen LogP contribution is 2.28. The van der Waals surface area contributed by atoms with Gasteiger partial charge in [-0.2, -0.15) is 0 Å². The molecule has 3 nitrogen and oxygen atoms in total. The van der Waals surface area contributed by atoms with Crippen LogP contribution in [0.25, 0.3) is 0 Å². The summed E-state index contributed by atoms with van der Waals surface area (Å²) in [5.41, 5.74) is 1.07. The molecule has 1 atom stereocenters. The topological polar surface area (TPSA) is 38.3 Å². The Morgan fingerprint density at radius 3 is 2.57 bits per heavy atom. The Morgan fingerprint density at radius 2 is 1.90 bits per heavy atom. The van der Waals surface area contributed by atoms with Crippen LogP contribution in [-0.2, 0) is 4.79 Å². The average molecular weight is 413 g/mol. The lowest BCUT2D eigenvalue weighted by Gasteiger charge is -2.15. The zero-order valence-electron chi connectivity index (χ0n) is 11.5. The molecule has 2 aromatic carbocycles. The number of benzene rings is 2. The molecule has 0 fully saturated rings. The van der Waals surface area contributed by atoms with Gasteiger partial charge >= 0.3 is 0 Å². The maximum atomic E-state index is 11.9. The van der Waals surface area contributed by atoms with E-state index in [1.165, 1.54) is 0 Å². The van der Waals surface area contributed by atoms with Crippen LogP contribution in [0.1, 0.15) is 18.5 Å². The molecule has 1 unspecified atom stereocenters. The summed E-state index contributed by atoms with van der Waals surface area (Å²) < 4.78 is 7.26. The third-order valence-corrected chi connectivity index (χ3v) is 4.04. The van der Waals surface area contributed by atoms with E-state index >= 15 is 0 Å². The molecule has 0 bridgehead atoms. The number of hydrogen-bond acceptors (Lipinski definition) is 2. The van der Waals surface area contributed by atoms with Crippen LogP contribution < -0.4 is 10.1 Å². The number of hydrogen-bond donors (Lipinski definition) is 1. The molecule has 0 aliphatic rings. The SMILES string of the molecule is CC(NC(=O)COc1ccc(Br)cc1Br)c1ccccc1. The van der Waals surface area contributed by atoms with E-state index in [4.69, 9.17) is 4.74 Å². The van der Waals surface area contributed by atoms with Crippen LogP contribution in [-0.4, -0.2) is 12.5 Å². The molecule has 0 saturated carbocycles. The number of rotatable bonds is 5. The summed E-state index contributed by atoms with van der Waals surface area (Å²) in [5.74, 6) is 0.488. The van der Waals surface area contributed by atoms with Gasteiger partial charge in [-0.1, -0.05) is 46.3 Å². The van der Waals surface area contributed by atoms with Gasteiger partial charge in [-0.25, -0.2) is 0 Å². The van der Waals surface area contributed by atoms with E-state index in [-0.39, 0.29) is 18.6 Å². The Labute approximate surface area is 141 Å². The fourth-order valence-corrected chi connectivity index (χ4v) is 3.01. The largest absolute Gasteiger partial charge is 0.483 e. The second-order valence-electron chi connectivity index (χ2n) is 4.56. The van der Waals surface area contributed by atoms with Crippen LogP contribution in [0.2, 0.25) is 0 Å². The van der Waals surface area contributed by atoms with Gasteiger partial charge in [0.1, 0.15) is 5.75 Å². The van der Waals surface area contributed by atoms with E-state index in [1.54, 1.807) is 0 Å². The van der Waals surface area contributed by atoms with Crippen LogP contribution in [0.15, 0.2) is 57.5 Å². The molecule has 1 N–H and O–H groups in total. The highest BCUT2D eigenvalue weighted by atomic mass is 79.9. The van der Waals surface area contributed by atoms with Crippen molar-refractivity contribution in [3.63, 3.8) is 0 Å². The lowest BCUT2D eigenvalue weighted by atomic mass is 10.1. The number of ether oxygens (including phenoxy) is 1. The Kier molecular flexibility index (Phi) is 5.82. The van der Waals surface area contributed by atoms with Crippen molar-refractivity contribution >= 4 is 37.8 Å². The molecule has 2 rings (SSSR count). The van der Waals surface area contributed by atoms with Crippen molar-refractivity contribution < 1.29 is 9.53 Å². The number of carbonyl (C=O) groups is 1. The standard InChI is InChI=1S/C16H15Br2NO2/c1-11(12-5-3-2-4-6-12)19-16(20)10-21-15-8-7-13(17)9-14(15)18/h2-9,11H,10H2,1H3,(H,19,20). The summed E-state index contributed by atoms with van der Waals surface area (Å²) >= 11 is 6.77. The second kappa shape index (κ2) is 7.61. The molecule has 0 heterocycles. The third-order valence-electron chi connectivity index (χ3n) is 2.93. The molecule has 1 amide bonds. The minimum Gasteiger partial charge on any atom is -0.483 e. The minimum absolute atomic E-state index is 0.0165. The molecular weight excluding hydrogens is 398 g/mol. The van der Waals surface area contributed by atoms with Crippen LogP contribution in [0.4, 0.5) is 0 Å². The van der Waals surface area contributed by atoms with Gasteiger partial charge in [0.2, 0.25) is 0 Å². The molecule has 21 heavy (non-hydrogen) atoms. The summed E-state index contributed by atoms with van der Waals surface area (Å²) in [5, 5.41) is 2.91. The zero-order chi connectivity index (χ0) is 15.2. The van der Waals surface area contributed by atoms with Crippen molar-refractivity contribution in [3.05, 3.63) is 63.0 Å². The van der Waals surface area contributed by atoms with Crippen LogP contribution in [0.5, 0.6) is 5.75 Å². The first kappa shape index (κ1) is 16.0. The van der Waals surface area contributed by atoms with Crippen molar-refractivity contribution in [2.24, 2.45) is 0 Å². The first-order valence-electron chi connectivity index (χ1n) is 6.48. The molecular formula is C16H15Br2NO2. The Morgan fingerprint density at radius 1 is 1.19 bits per heavy atom. The van der Waals surface area contributed by atoms with E-state index in [0.29, 0.717) is 5.75 Å². The van der Waals surface area contributed by atoms with Crippen LogP contribution in [0.3, 0.4) is 0 Å². The van der Waals surface area contributed by atoms with Gasteiger partial charge < -0.3 is 10.1 Å². The summed E-state index contributed by atoms with van der Waals surface area (Å²) in [6.07, 6.45) is 0. The predicted octanol–water partition coefficient (Wildman–Crippen LogP) is 4.47. The lowest BCUT2D eigenvalue weighted by Crippen LogP contribution is -2.31. The Balaban J connectivity index is 1.87. The normalized spacial score (nSPS) is 11.8. The number of halogens is 2. The molecule has 110 valence electrons. The smallest absolute Gasteiger partial charge is 0.258 e. The van der Waals surface area contributed by atoms with E-state index < -0.39 is 0 Å². The quantitative estimate of drug-likeness (QED) is 0.786. The highest BCUT2D eigenvalue weighted by molar-refractivity contribution is 9.11. The maximum Gasteiger partial charge on any atom is 0.258 e. The van der Waals surface area contributed by atoms with E-state index in [0.717, 1.165) is 14.5 Å². The van der Waals surface area contributed by atoms with Crippen molar-refractivity contribution in [1.29, 1.82) is 0 Å². The molecule has 0 spiro atoms. The summed E-state index contributed by atoms with van der Waals surface area (Å²) in [6, 6.07) is 15.3. The van der Waals surface area contributed by atoms with Crippen molar-refractivity contribution in [1.82, 2.24) is 5.32 Å². The molecule has 2 aromatic rings. The second-order valence-corrected chi connectivity index (χ2v) is 6.33. The van der Waals surface area contributed by atoms with Gasteiger partial charge in [0.15, 0.2) is 6.61 Å². The van der Waals surface area contributed by atoms with Crippen LogP contribution >= 0.6 is 31.9 Å². The fraction of sp³-hybridized carbons (Fsp3) is 0.188. The zero-order valence-corrected chi connectivity index (χ0v) is 14.6. The lowest BCUT2D eigenvalue weighted by molar-refractivity contribution is -0.123. The van der Waals surface area contributed by atoms with Crippen LogP contribution in [0, 0.1) is 0 Å². The minimum atomic E-state index is -0.152. The highest BCUT2D eigenvalue weighted by Gasteiger charge is 2.10. The first-order valence-corrected chi connectivity index (χ1v) is 8.07. The van der Waals surface area contributed by atoms with E-state index in [2.05, 4.69) is 37.2 Å². The fourth-order valence-electron chi connectivity index (χ4n) is 1.84. The maximum absolute atomic E-state index is 11.9. The Hall–Kier alpha value is -1.33. The van der Waals surface area contributed by atoms with Crippen molar-refractivity contribution in [2.45, 2.75) is 13.0 Å². The number of amides is 1. The van der Waals surface area contributed by atoms with E-state index in [9.17, 15) is 4.79 Å². The summed E-state index contributed by atoms with van der Waals surface area (Å²) in [4.78, 5) is 11.9. The molecule has 0 aliphatic heterocycles. The molecule has 0 aliphatic carbocycles. The van der Waals surface area contributed by atoms with Gasteiger partial charge in [0, 0.05) is 4.47 Å². The van der Waals surface area contributed by atoms with Gasteiger partial charge in [-0.05, 0) is 46.6 Å². The van der Waals surface area contributed by atoms with Gasteiger partial charge in [0.05, 0.1) is 10.5 Å². The monoisotopic (exact) mass is 411 g/mol.